The van der Waals surface area contributed by atoms with Crippen molar-refractivity contribution in [3.8, 4) is 5.75 Å². The van der Waals surface area contributed by atoms with E-state index in [0.717, 1.165) is 16.5 Å². The Bertz CT molecular complexity index is 1060. The highest BCUT2D eigenvalue weighted by Gasteiger charge is 2.07. The quantitative estimate of drug-likeness (QED) is 0.425. The maximum absolute atomic E-state index is 10.2. The normalized spacial score (nSPS) is 11.4. The topological polar surface area (TPSA) is 63.3 Å². The number of thioether (sulfide) groups is 1. The van der Waals surface area contributed by atoms with Crippen LogP contribution in [0.1, 0.15) is 11.1 Å². The van der Waals surface area contributed by atoms with Crippen LogP contribution < -0.4 is 0 Å². The zero-order valence-electron chi connectivity index (χ0n) is 13.9. The summed E-state index contributed by atoms with van der Waals surface area (Å²) in [5, 5.41) is 25.4. The highest BCUT2D eigenvalue weighted by molar-refractivity contribution is 7.98. The Labute approximate surface area is 155 Å². The molecule has 0 aliphatic rings. The molecule has 1 aromatic heterocycles. The second-order valence-electron chi connectivity index (χ2n) is 5.70. The first-order valence-corrected chi connectivity index (χ1v) is 9.11. The van der Waals surface area contributed by atoms with Crippen LogP contribution in [-0.4, -0.2) is 26.2 Å². The minimum absolute atomic E-state index is 0.194. The largest absolute Gasteiger partial charge is 0.507 e. The summed E-state index contributed by atoms with van der Waals surface area (Å²) in [5.74, 6) is 0.980. The summed E-state index contributed by atoms with van der Waals surface area (Å²) in [6.07, 6.45) is 3.21. The van der Waals surface area contributed by atoms with E-state index in [1.54, 1.807) is 35.0 Å². The molecule has 1 N–H and O–H groups in total. The van der Waals surface area contributed by atoms with E-state index in [2.05, 4.69) is 27.4 Å². The molecule has 128 valence electrons. The van der Waals surface area contributed by atoms with Gasteiger partial charge in [-0.15, -0.1) is 10.2 Å². The van der Waals surface area contributed by atoms with Gasteiger partial charge in [-0.3, -0.25) is 0 Å². The molecule has 5 nitrogen and oxygen atoms in total. The fourth-order valence-corrected chi connectivity index (χ4v) is 3.48. The van der Waals surface area contributed by atoms with E-state index in [0.29, 0.717) is 10.7 Å². The summed E-state index contributed by atoms with van der Waals surface area (Å²) < 4.78 is 1.62. The van der Waals surface area contributed by atoms with E-state index >= 15 is 0 Å². The van der Waals surface area contributed by atoms with E-state index < -0.39 is 0 Å². The van der Waals surface area contributed by atoms with Crippen molar-refractivity contribution in [3.63, 3.8) is 0 Å². The predicted molar refractivity (Wildman–Crippen MR) is 105 cm³/mol. The average molecular weight is 360 g/mol. The summed E-state index contributed by atoms with van der Waals surface area (Å²) in [4.78, 5) is 0. The van der Waals surface area contributed by atoms with Crippen LogP contribution in [0.5, 0.6) is 5.75 Å². The van der Waals surface area contributed by atoms with Crippen molar-refractivity contribution >= 4 is 28.7 Å². The molecule has 0 bridgehead atoms. The zero-order chi connectivity index (χ0) is 17.8. The van der Waals surface area contributed by atoms with Crippen LogP contribution in [0.25, 0.3) is 10.8 Å². The molecule has 0 radical (unpaired) electrons. The van der Waals surface area contributed by atoms with Gasteiger partial charge in [0.1, 0.15) is 12.1 Å². The van der Waals surface area contributed by atoms with Gasteiger partial charge in [0.2, 0.25) is 5.16 Å². The van der Waals surface area contributed by atoms with Crippen LogP contribution in [0, 0.1) is 0 Å². The Hall–Kier alpha value is -3.12. The molecule has 0 saturated carbocycles. The lowest BCUT2D eigenvalue weighted by atomic mass is 10.0. The number of nitrogens with zero attached hydrogens (tertiary/aromatic N) is 4. The molecule has 6 heteroatoms. The fourth-order valence-electron chi connectivity index (χ4n) is 2.66. The molecule has 4 rings (SSSR count). The third-order valence-electron chi connectivity index (χ3n) is 3.97. The minimum Gasteiger partial charge on any atom is -0.507 e. The van der Waals surface area contributed by atoms with E-state index in [-0.39, 0.29) is 5.75 Å². The number of rotatable bonds is 5. The Morgan fingerprint density at radius 1 is 1.00 bits per heavy atom. The smallest absolute Gasteiger partial charge is 0.212 e. The second kappa shape index (κ2) is 7.41. The lowest BCUT2D eigenvalue weighted by molar-refractivity contribution is 0.475. The Balaban J connectivity index is 1.59. The van der Waals surface area contributed by atoms with Crippen LogP contribution in [0.15, 0.2) is 83.3 Å². The van der Waals surface area contributed by atoms with Gasteiger partial charge in [-0.1, -0.05) is 72.4 Å². The van der Waals surface area contributed by atoms with E-state index in [9.17, 15) is 5.11 Å². The van der Waals surface area contributed by atoms with Crippen molar-refractivity contribution in [2.24, 2.45) is 5.10 Å². The van der Waals surface area contributed by atoms with Crippen molar-refractivity contribution in [3.05, 3.63) is 84.2 Å². The molecular formula is C20H16N4OS. The average Bonchev–Trinajstić information content (AvgIpc) is 3.14. The van der Waals surface area contributed by atoms with Crippen molar-refractivity contribution in [1.29, 1.82) is 0 Å². The van der Waals surface area contributed by atoms with Gasteiger partial charge < -0.3 is 5.11 Å². The zero-order valence-corrected chi connectivity index (χ0v) is 14.7. The Morgan fingerprint density at radius 3 is 2.69 bits per heavy atom. The van der Waals surface area contributed by atoms with Crippen molar-refractivity contribution in [1.82, 2.24) is 14.9 Å². The number of phenolic OH excluding ortho intramolecular Hbond substituents is 1. The summed E-state index contributed by atoms with van der Waals surface area (Å²) >= 11 is 1.56. The van der Waals surface area contributed by atoms with Gasteiger partial charge in [-0.05, 0) is 22.4 Å². The standard InChI is InChI=1S/C20H16N4OS/c25-19-11-10-16-8-4-5-9-17(16)18(19)12-22-24-14-21-23-20(24)26-13-15-6-2-1-3-7-15/h1-12,14,25H,13H2. The van der Waals surface area contributed by atoms with Crippen LogP contribution in [0.4, 0.5) is 0 Å². The molecule has 0 saturated heterocycles. The lowest BCUT2D eigenvalue weighted by Crippen LogP contribution is -1.94. The number of benzene rings is 3. The highest BCUT2D eigenvalue weighted by atomic mass is 32.2. The number of phenols is 1. The number of fused-ring (bicyclic) bond motifs is 1. The number of aromatic nitrogens is 3. The highest BCUT2D eigenvalue weighted by Crippen LogP contribution is 2.26. The molecule has 0 atom stereocenters. The fraction of sp³-hybridized carbons (Fsp3) is 0.0500. The SMILES string of the molecule is Oc1ccc2ccccc2c1C=Nn1cnnc1SCc1ccccc1. The molecule has 4 aromatic rings. The molecule has 0 unspecified atom stereocenters. The van der Waals surface area contributed by atoms with E-state index in [1.807, 2.05) is 48.5 Å². The van der Waals surface area contributed by atoms with Gasteiger partial charge >= 0.3 is 0 Å². The number of hydrogen-bond donors (Lipinski definition) is 1. The van der Waals surface area contributed by atoms with E-state index in [4.69, 9.17) is 0 Å². The lowest BCUT2D eigenvalue weighted by Gasteiger charge is -2.05. The van der Waals surface area contributed by atoms with Gasteiger partial charge in [0.25, 0.3) is 0 Å². The summed E-state index contributed by atoms with van der Waals surface area (Å²) in [7, 11) is 0. The molecule has 1 heterocycles. The maximum atomic E-state index is 10.2. The molecule has 26 heavy (non-hydrogen) atoms. The molecule has 0 spiro atoms. The van der Waals surface area contributed by atoms with Crippen LogP contribution in [0.2, 0.25) is 0 Å². The summed E-state index contributed by atoms with van der Waals surface area (Å²) in [6.45, 7) is 0. The number of hydrogen-bond acceptors (Lipinski definition) is 5. The predicted octanol–water partition coefficient (Wildman–Crippen LogP) is 4.31. The third kappa shape index (κ3) is 3.45. The van der Waals surface area contributed by atoms with Gasteiger partial charge in [0.05, 0.1) is 6.21 Å². The molecular weight excluding hydrogens is 344 g/mol. The van der Waals surface area contributed by atoms with Crippen LogP contribution in [0.3, 0.4) is 0 Å². The first-order chi connectivity index (χ1) is 12.8. The second-order valence-corrected chi connectivity index (χ2v) is 6.64. The van der Waals surface area contributed by atoms with Gasteiger partial charge in [-0.2, -0.15) is 9.78 Å². The monoisotopic (exact) mass is 360 g/mol. The van der Waals surface area contributed by atoms with Crippen molar-refractivity contribution in [2.75, 3.05) is 0 Å². The Morgan fingerprint density at radius 2 is 1.81 bits per heavy atom. The maximum Gasteiger partial charge on any atom is 0.212 e. The van der Waals surface area contributed by atoms with Crippen LogP contribution in [-0.2, 0) is 5.75 Å². The molecule has 0 fully saturated rings. The van der Waals surface area contributed by atoms with Crippen molar-refractivity contribution in [2.45, 2.75) is 10.9 Å². The molecule has 0 amide bonds. The third-order valence-corrected chi connectivity index (χ3v) is 4.97. The first-order valence-electron chi connectivity index (χ1n) is 8.13. The van der Waals surface area contributed by atoms with Gasteiger partial charge in [0.15, 0.2) is 0 Å². The first kappa shape index (κ1) is 16.4. The van der Waals surface area contributed by atoms with Crippen molar-refractivity contribution < 1.29 is 5.11 Å². The van der Waals surface area contributed by atoms with E-state index in [1.165, 1.54) is 5.56 Å². The summed E-state index contributed by atoms with van der Waals surface area (Å²) in [6, 6.07) is 21.6. The van der Waals surface area contributed by atoms with Crippen LogP contribution >= 0.6 is 11.8 Å². The molecule has 3 aromatic carbocycles. The summed E-state index contributed by atoms with van der Waals surface area (Å²) in [5.41, 5.74) is 1.89. The molecule has 0 aliphatic carbocycles. The number of aromatic hydroxyl groups is 1. The minimum atomic E-state index is 0.194. The Kier molecular flexibility index (Phi) is 4.66. The van der Waals surface area contributed by atoms with Gasteiger partial charge in [-0.25, -0.2) is 0 Å². The van der Waals surface area contributed by atoms with Gasteiger partial charge in [0, 0.05) is 11.3 Å². The molecule has 0 aliphatic heterocycles.